The Morgan fingerprint density at radius 3 is 2.90 bits per heavy atom. The fourth-order valence-electron chi connectivity index (χ4n) is 2.09. The number of nitrogens with two attached hydrogens (primary N) is 1. The van der Waals surface area contributed by atoms with Crippen molar-refractivity contribution in [3.8, 4) is 0 Å². The number of fused-ring (bicyclic) bond motifs is 1. The van der Waals surface area contributed by atoms with E-state index >= 15 is 0 Å². The third kappa shape index (κ3) is 3.98. The van der Waals surface area contributed by atoms with E-state index in [1.165, 1.54) is 11.8 Å². The Hall–Kier alpha value is -1.53. The average molecular weight is 308 g/mol. The molecular weight excluding hydrogens is 288 g/mol. The highest BCUT2D eigenvalue weighted by atomic mass is 32.2. The van der Waals surface area contributed by atoms with E-state index in [0.29, 0.717) is 18.3 Å². The van der Waals surface area contributed by atoms with Gasteiger partial charge in [0, 0.05) is 5.25 Å². The second-order valence-electron chi connectivity index (χ2n) is 5.22. The fraction of sp³-hybridized carbons (Fsp3) is 0.467. The molecule has 1 heterocycles. The highest BCUT2D eigenvalue weighted by Crippen LogP contribution is 2.30. The fourth-order valence-corrected chi connectivity index (χ4v) is 3.15. The van der Waals surface area contributed by atoms with E-state index in [-0.39, 0.29) is 11.2 Å². The number of oxazole rings is 1. The number of benzene rings is 1. The van der Waals surface area contributed by atoms with E-state index in [2.05, 4.69) is 4.98 Å². The summed E-state index contributed by atoms with van der Waals surface area (Å²) >= 11 is 1.47. The summed E-state index contributed by atoms with van der Waals surface area (Å²) < 4.78 is 10.6. The second kappa shape index (κ2) is 6.49. The zero-order valence-corrected chi connectivity index (χ0v) is 13.3. The van der Waals surface area contributed by atoms with E-state index in [1.54, 1.807) is 13.8 Å². The highest BCUT2D eigenvalue weighted by Gasteiger charge is 2.32. The Bertz CT molecular complexity index is 591. The predicted molar refractivity (Wildman–Crippen MR) is 83.2 cm³/mol. The number of nitrogens with zero attached hydrogens (tertiary/aromatic N) is 1. The minimum atomic E-state index is -1.01. The van der Waals surface area contributed by atoms with Crippen LogP contribution in [-0.4, -0.2) is 28.3 Å². The van der Waals surface area contributed by atoms with Gasteiger partial charge in [0.2, 0.25) is 0 Å². The van der Waals surface area contributed by atoms with E-state index in [0.717, 1.165) is 11.1 Å². The van der Waals surface area contributed by atoms with Crippen LogP contribution < -0.4 is 5.73 Å². The van der Waals surface area contributed by atoms with Crippen molar-refractivity contribution < 1.29 is 13.9 Å². The molecule has 114 valence electrons. The Morgan fingerprint density at radius 2 is 2.24 bits per heavy atom. The van der Waals surface area contributed by atoms with Crippen LogP contribution >= 0.6 is 11.8 Å². The molecule has 0 aliphatic heterocycles. The summed E-state index contributed by atoms with van der Waals surface area (Å²) in [4.78, 5) is 16.2. The minimum Gasteiger partial charge on any atom is -0.465 e. The molecule has 2 N–H and O–H groups in total. The number of carbonyl (C=O) groups excluding carboxylic acids is 1. The summed E-state index contributed by atoms with van der Waals surface area (Å²) in [5.74, 6) is -0.380. The van der Waals surface area contributed by atoms with Crippen molar-refractivity contribution in [1.29, 1.82) is 0 Å². The van der Waals surface area contributed by atoms with E-state index < -0.39 is 5.54 Å². The van der Waals surface area contributed by atoms with Crippen LogP contribution in [0, 0.1) is 0 Å². The van der Waals surface area contributed by atoms with Crippen molar-refractivity contribution in [1.82, 2.24) is 4.98 Å². The van der Waals surface area contributed by atoms with Crippen LogP contribution in [0.3, 0.4) is 0 Å². The Kier molecular flexibility index (Phi) is 4.90. The van der Waals surface area contributed by atoms with Gasteiger partial charge in [0.05, 0.1) is 6.61 Å². The first-order chi connectivity index (χ1) is 9.92. The normalized spacial score (nSPS) is 15.6. The first-order valence-electron chi connectivity index (χ1n) is 6.90. The maximum absolute atomic E-state index is 11.8. The molecule has 0 aliphatic carbocycles. The standard InChI is InChI=1S/C15H20N2O3S/c1-4-19-13(18)15(3,16)9-10(2)21-14-17-11-7-5-6-8-12(11)20-14/h5-8,10H,4,9,16H2,1-3H3. The number of hydrogen-bond donors (Lipinski definition) is 1. The van der Waals surface area contributed by atoms with E-state index in [1.807, 2.05) is 31.2 Å². The van der Waals surface area contributed by atoms with Gasteiger partial charge in [-0.05, 0) is 32.4 Å². The third-order valence-corrected chi connectivity index (χ3v) is 3.97. The molecule has 0 radical (unpaired) electrons. The van der Waals surface area contributed by atoms with Gasteiger partial charge in [0.1, 0.15) is 11.1 Å². The van der Waals surface area contributed by atoms with Crippen molar-refractivity contribution in [3.63, 3.8) is 0 Å². The largest absolute Gasteiger partial charge is 0.465 e. The Morgan fingerprint density at radius 1 is 1.52 bits per heavy atom. The van der Waals surface area contributed by atoms with Gasteiger partial charge < -0.3 is 14.9 Å². The quantitative estimate of drug-likeness (QED) is 0.653. The molecule has 2 unspecified atom stereocenters. The minimum absolute atomic E-state index is 0.0810. The third-order valence-electron chi connectivity index (χ3n) is 3.03. The Balaban J connectivity index is 2.00. The van der Waals surface area contributed by atoms with Crippen molar-refractivity contribution in [3.05, 3.63) is 24.3 Å². The second-order valence-corrected chi connectivity index (χ2v) is 6.61. The predicted octanol–water partition coefficient (Wildman–Crippen LogP) is 2.98. The van der Waals surface area contributed by atoms with Crippen LogP contribution in [0.15, 0.2) is 33.9 Å². The molecule has 0 saturated heterocycles. The van der Waals surface area contributed by atoms with Crippen LogP contribution in [0.4, 0.5) is 0 Å². The van der Waals surface area contributed by atoms with Gasteiger partial charge >= 0.3 is 5.97 Å². The summed E-state index contributed by atoms with van der Waals surface area (Å²) in [5, 5.41) is 0.667. The van der Waals surface area contributed by atoms with Crippen molar-refractivity contribution in [2.75, 3.05) is 6.61 Å². The average Bonchev–Trinajstić information content (AvgIpc) is 2.80. The molecule has 21 heavy (non-hydrogen) atoms. The molecule has 1 aromatic heterocycles. The summed E-state index contributed by atoms with van der Waals surface area (Å²) in [6.07, 6.45) is 0.481. The molecule has 2 aromatic rings. The highest BCUT2D eigenvalue weighted by molar-refractivity contribution is 7.99. The molecule has 0 saturated carbocycles. The summed E-state index contributed by atoms with van der Waals surface area (Å²) in [6.45, 7) is 5.78. The zero-order valence-electron chi connectivity index (χ0n) is 12.5. The van der Waals surface area contributed by atoms with Crippen LogP contribution in [0.5, 0.6) is 0 Å². The number of aromatic nitrogens is 1. The lowest BCUT2D eigenvalue weighted by Gasteiger charge is -2.24. The number of hydrogen-bond acceptors (Lipinski definition) is 6. The SMILES string of the molecule is CCOC(=O)C(C)(N)CC(C)Sc1nc2ccccc2o1. The smallest absolute Gasteiger partial charge is 0.325 e. The van der Waals surface area contributed by atoms with Crippen LogP contribution in [-0.2, 0) is 9.53 Å². The number of para-hydroxylation sites is 2. The molecule has 0 spiro atoms. The van der Waals surface area contributed by atoms with Gasteiger partial charge in [-0.15, -0.1) is 0 Å². The van der Waals surface area contributed by atoms with Gasteiger partial charge in [-0.1, -0.05) is 30.8 Å². The maximum atomic E-state index is 11.8. The molecule has 0 bridgehead atoms. The number of thioether (sulfide) groups is 1. The van der Waals surface area contributed by atoms with Gasteiger partial charge in [0.25, 0.3) is 5.22 Å². The lowest BCUT2D eigenvalue weighted by atomic mass is 9.98. The van der Waals surface area contributed by atoms with Gasteiger partial charge in [-0.3, -0.25) is 4.79 Å². The zero-order chi connectivity index (χ0) is 15.5. The number of carbonyl (C=O) groups is 1. The molecule has 0 fully saturated rings. The van der Waals surface area contributed by atoms with Gasteiger partial charge in [-0.2, -0.15) is 0 Å². The molecule has 5 nitrogen and oxygen atoms in total. The molecule has 1 aromatic carbocycles. The first kappa shape index (κ1) is 15.9. The first-order valence-corrected chi connectivity index (χ1v) is 7.78. The van der Waals surface area contributed by atoms with Gasteiger partial charge in [0.15, 0.2) is 5.58 Å². The summed E-state index contributed by atoms with van der Waals surface area (Å²) in [7, 11) is 0. The lowest BCUT2D eigenvalue weighted by molar-refractivity contribution is -0.149. The lowest BCUT2D eigenvalue weighted by Crippen LogP contribution is -2.47. The van der Waals surface area contributed by atoms with Crippen LogP contribution in [0.1, 0.15) is 27.2 Å². The Labute approximate surface area is 128 Å². The van der Waals surface area contributed by atoms with Crippen molar-refractivity contribution in [2.24, 2.45) is 5.73 Å². The van der Waals surface area contributed by atoms with Crippen molar-refractivity contribution >= 4 is 28.8 Å². The molecular formula is C15H20N2O3S. The summed E-state index contributed by atoms with van der Waals surface area (Å²) in [5.41, 5.74) is 6.62. The molecule has 2 atom stereocenters. The molecule has 2 rings (SSSR count). The van der Waals surface area contributed by atoms with Crippen molar-refractivity contribution in [2.45, 2.75) is 43.2 Å². The maximum Gasteiger partial charge on any atom is 0.325 e. The number of esters is 1. The molecule has 0 amide bonds. The van der Waals surface area contributed by atoms with E-state index in [4.69, 9.17) is 14.9 Å². The van der Waals surface area contributed by atoms with E-state index in [9.17, 15) is 4.79 Å². The monoisotopic (exact) mass is 308 g/mol. The molecule has 0 aliphatic rings. The van der Waals surface area contributed by atoms with Gasteiger partial charge in [-0.25, -0.2) is 4.98 Å². The van der Waals surface area contributed by atoms with Crippen LogP contribution in [0.2, 0.25) is 0 Å². The van der Waals surface area contributed by atoms with Crippen LogP contribution in [0.25, 0.3) is 11.1 Å². The number of ether oxygens (including phenoxy) is 1. The molecule has 6 heteroatoms. The number of rotatable bonds is 6. The summed E-state index contributed by atoms with van der Waals surface area (Å²) in [6, 6.07) is 7.60. The topological polar surface area (TPSA) is 78.4 Å².